The minimum Gasteiger partial charge on any atom is -0.472 e. The third kappa shape index (κ3) is 2.16. The molecular weight excluding hydrogens is 207 g/mol. The first-order valence-electron chi connectivity index (χ1n) is 4.97. The second-order valence-corrected chi connectivity index (χ2v) is 3.67. The molecular formula is C12H13FN2O. The molecule has 1 heterocycles. The Bertz CT molecular complexity index is 480. The molecule has 16 heavy (non-hydrogen) atoms. The summed E-state index contributed by atoms with van der Waals surface area (Å²) in [5.41, 5.74) is 8.44. The average molecular weight is 220 g/mol. The number of aryl methyl sites for hydroxylation is 1. The second-order valence-electron chi connectivity index (χ2n) is 3.67. The first-order valence-corrected chi connectivity index (χ1v) is 4.97. The smallest absolute Gasteiger partial charge is 0.128 e. The molecule has 3 N–H and O–H groups in total. The van der Waals surface area contributed by atoms with Crippen molar-refractivity contribution in [3.05, 3.63) is 47.7 Å². The van der Waals surface area contributed by atoms with Crippen molar-refractivity contribution in [2.75, 3.05) is 11.1 Å². The Balaban J connectivity index is 2.12. The van der Waals surface area contributed by atoms with E-state index in [0.717, 1.165) is 11.3 Å². The molecule has 4 heteroatoms. The third-order valence-electron chi connectivity index (χ3n) is 2.39. The highest BCUT2D eigenvalue weighted by atomic mass is 19.1. The second kappa shape index (κ2) is 4.26. The van der Waals surface area contributed by atoms with Gasteiger partial charge in [0.05, 0.1) is 23.9 Å². The summed E-state index contributed by atoms with van der Waals surface area (Å²) in [5, 5.41) is 3.13. The monoisotopic (exact) mass is 220 g/mol. The third-order valence-corrected chi connectivity index (χ3v) is 2.39. The molecule has 1 aromatic heterocycles. The number of furan rings is 1. The van der Waals surface area contributed by atoms with Gasteiger partial charge in [0.1, 0.15) is 5.82 Å². The van der Waals surface area contributed by atoms with Crippen LogP contribution in [0, 0.1) is 12.7 Å². The number of hydrogen-bond acceptors (Lipinski definition) is 3. The van der Waals surface area contributed by atoms with Gasteiger partial charge >= 0.3 is 0 Å². The predicted octanol–water partition coefficient (Wildman–Crippen LogP) is 2.92. The van der Waals surface area contributed by atoms with Crippen LogP contribution in [-0.2, 0) is 6.54 Å². The highest BCUT2D eigenvalue weighted by Crippen LogP contribution is 2.23. The maximum absolute atomic E-state index is 13.2. The molecule has 0 radical (unpaired) electrons. The van der Waals surface area contributed by atoms with E-state index in [0.29, 0.717) is 17.8 Å². The maximum atomic E-state index is 13.2. The number of nitrogen functional groups attached to an aromatic ring is 1. The number of halogens is 1. The van der Waals surface area contributed by atoms with Crippen LogP contribution < -0.4 is 11.1 Å². The summed E-state index contributed by atoms with van der Waals surface area (Å²) >= 11 is 0. The minimum absolute atomic E-state index is 0.286. The first-order chi connectivity index (χ1) is 7.66. The van der Waals surface area contributed by atoms with Crippen LogP contribution >= 0.6 is 0 Å². The normalized spacial score (nSPS) is 10.4. The molecule has 1 aromatic carbocycles. The Morgan fingerprint density at radius 2 is 2.25 bits per heavy atom. The first kappa shape index (κ1) is 10.5. The molecule has 3 nitrogen and oxygen atoms in total. The highest BCUT2D eigenvalue weighted by Gasteiger charge is 2.04. The van der Waals surface area contributed by atoms with Gasteiger partial charge in [-0.05, 0) is 30.7 Å². The highest BCUT2D eigenvalue weighted by molar-refractivity contribution is 5.67. The van der Waals surface area contributed by atoms with E-state index in [1.54, 1.807) is 25.5 Å². The van der Waals surface area contributed by atoms with Gasteiger partial charge < -0.3 is 15.5 Å². The summed E-state index contributed by atoms with van der Waals surface area (Å²) in [6, 6.07) is 4.89. The van der Waals surface area contributed by atoms with Gasteiger partial charge in [-0.3, -0.25) is 0 Å². The SMILES string of the molecule is Cc1cc(NCc2ccoc2)c(N)cc1F. The van der Waals surface area contributed by atoms with Crippen LogP contribution in [0.15, 0.2) is 35.1 Å². The number of nitrogens with one attached hydrogen (secondary N) is 1. The van der Waals surface area contributed by atoms with E-state index in [1.165, 1.54) is 6.07 Å². The van der Waals surface area contributed by atoms with Crippen molar-refractivity contribution in [3.63, 3.8) is 0 Å². The predicted molar refractivity (Wildman–Crippen MR) is 61.6 cm³/mol. The number of benzene rings is 1. The molecule has 0 aliphatic rings. The molecule has 2 rings (SSSR count). The molecule has 2 aromatic rings. The fourth-order valence-electron chi connectivity index (χ4n) is 1.44. The lowest BCUT2D eigenvalue weighted by molar-refractivity contribution is 0.564. The van der Waals surface area contributed by atoms with Crippen LogP contribution in [0.4, 0.5) is 15.8 Å². The van der Waals surface area contributed by atoms with Crippen molar-refractivity contribution in [1.82, 2.24) is 0 Å². The zero-order valence-corrected chi connectivity index (χ0v) is 8.96. The molecule has 0 spiro atoms. The summed E-state index contributed by atoms with van der Waals surface area (Å²) in [4.78, 5) is 0. The van der Waals surface area contributed by atoms with Crippen molar-refractivity contribution >= 4 is 11.4 Å². The van der Waals surface area contributed by atoms with Gasteiger partial charge in [-0.15, -0.1) is 0 Å². The van der Waals surface area contributed by atoms with Crippen molar-refractivity contribution in [2.45, 2.75) is 13.5 Å². The van der Waals surface area contributed by atoms with Crippen molar-refractivity contribution in [1.29, 1.82) is 0 Å². The maximum Gasteiger partial charge on any atom is 0.128 e. The quantitative estimate of drug-likeness (QED) is 0.782. The van der Waals surface area contributed by atoms with E-state index in [-0.39, 0.29) is 5.82 Å². The molecule has 0 atom stereocenters. The van der Waals surface area contributed by atoms with Crippen LogP contribution in [0.2, 0.25) is 0 Å². The zero-order chi connectivity index (χ0) is 11.5. The van der Waals surface area contributed by atoms with Gasteiger partial charge in [0.15, 0.2) is 0 Å². The van der Waals surface area contributed by atoms with Crippen LogP contribution in [0.25, 0.3) is 0 Å². The van der Waals surface area contributed by atoms with Crippen LogP contribution in [-0.4, -0.2) is 0 Å². The molecule has 0 aliphatic heterocycles. The zero-order valence-electron chi connectivity index (χ0n) is 8.96. The Hall–Kier alpha value is -1.97. The Morgan fingerprint density at radius 1 is 1.44 bits per heavy atom. The molecule has 0 unspecified atom stereocenters. The van der Waals surface area contributed by atoms with E-state index in [1.807, 2.05) is 6.07 Å². The molecule has 0 bridgehead atoms. The van der Waals surface area contributed by atoms with Gasteiger partial charge in [-0.1, -0.05) is 0 Å². The van der Waals surface area contributed by atoms with Gasteiger partial charge in [0, 0.05) is 12.1 Å². The lowest BCUT2D eigenvalue weighted by Gasteiger charge is -2.09. The number of hydrogen-bond donors (Lipinski definition) is 2. The fraction of sp³-hybridized carbons (Fsp3) is 0.167. The molecule has 0 amide bonds. The Morgan fingerprint density at radius 3 is 2.94 bits per heavy atom. The Kier molecular flexibility index (Phi) is 2.81. The lowest BCUT2D eigenvalue weighted by Crippen LogP contribution is -2.03. The molecule has 0 fully saturated rings. The van der Waals surface area contributed by atoms with Crippen molar-refractivity contribution < 1.29 is 8.81 Å². The van der Waals surface area contributed by atoms with E-state index >= 15 is 0 Å². The van der Waals surface area contributed by atoms with Gasteiger partial charge in [0.2, 0.25) is 0 Å². The largest absolute Gasteiger partial charge is 0.472 e. The summed E-state index contributed by atoms with van der Waals surface area (Å²) in [6.45, 7) is 2.31. The minimum atomic E-state index is -0.286. The van der Waals surface area contributed by atoms with Gasteiger partial charge in [0.25, 0.3) is 0 Å². The van der Waals surface area contributed by atoms with E-state index < -0.39 is 0 Å². The van der Waals surface area contributed by atoms with Gasteiger partial charge in [-0.25, -0.2) is 4.39 Å². The van der Waals surface area contributed by atoms with Crippen LogP contribution in [0.5, 0.6) is 0 Å². The number of nitrogens with two attached hydrogens (primary N) is 1. The van der Waals surface area contributed by atoms with E-state index in [4.69, 9.17) is 10.2 Å². The summed E-state index contributed by atoms with van der Waals surface area (Å²) in [6.07, 6.45) is 3.26. The Labute approximate surface area is 93.1 Å². The average Bonchev–Trinajstić information content (AvgIpc) is 2.74. The van der Waals surface area contributed by atoms with Crippen LogP contribution in [0.3, 0.4) is 0 Å². The van der Waals surface area contributed by atoms with E-state index in [2.05, 4.69) is 5.32 Å². The molecule has 0 saturated carbocycles. The summed E-state index contributed by atoms with van der Waals surface area (Å²) in [5.74, 6) is -0.286. The topological polar surface area (TPSA) is 51.2 Å². The molecule has 84 valence electrons. The number of anilines is 2. The fourth-order valence-corrected chi connectivity index (χ4v) is 1.44. The van der Waals surface area contributed by atoms with Crippen LogP contribution in [0.1, 0.15) is 11.1 Å². The van der Waals surface area contributed by atoms with Crippen molar-refractivity contribution in [2.24, 2.45) is 0 Å². The van der Waals surface area contributed by atoms with Gasteiger partial charge in [-0.2, -0.15) is 0 Å². The molecule has 0 aliphatic carbocycles. The van der Waals surface area contributed by atoms with Crippen molar-refractivity contribution in [3.8, 4) is 0 Å². The lowest BCUT2D eigenvalue weighted by atomic mass is 10.1. The molecule has 0 saturated heterocycles. The standard InChI is InChI=1S/C12H13FN2O/c1-8-4-12(11(14)5-10(8)13)15-6-9-2-3-16-7-9/h2-5,7,15H,6,14H2,1H3. The number of rotatable bonds is 3. The summed E-state index contributed by atoms with van der Waals surface area (Å²) in [7, 11) is 0. The summed E-state index contributed by atoms with van der Waals surface area (Å²) < 4.78 is 18.1. The van der Waals surface area contributed by atoms with E-state index in [9.17, 15) is 4.39 Å².